The maximum atomic E-state index is 12.2. The molecule has 0 saturated heterocycles. The molecule has 1 amide bonds. The van der Waals surface area contributed by atoms with E-state index in [-0.39, 0.29) is 5.91 Å². The summed E-state index contributed by atoms with van der Waals surface area (Å²) in [7, 11) is 1.79. The summed E-state index contributed by atoms with van der Waals surface area (Å²) in [5, 5.41) is 5.81. The van der Waals surface area contributed by atoms with E-state index in [1.54, 1.807) is 19.3 Å². The van der Waals surface area contributed by atoms with Gasteiger partial charge in [0.05, 0.1) is 5.56 Å². The number of pyridine rings is 1. The van der Waals surface area contributed by atoms with Gasteiger partial charge < -0.3 is 10.6 Å². The van der Waals surface area contributed by atoms with Crippen LogP contribution in [0.4, 0.5) is 11.5 Å². The molecule has 0 fully saturated rings. The molecule has 1 heterocycles. The number of amides is 1. The van der Waals surface area contributed by atoms with Gasteiger partial charge in [-0.25, -0.2) is 4.98 Å². The molecular formula is C14H15N3O. The third-order valence-corrected chi connectivity index (χ3v) is 2.68. The molecule has 0 atom stereocenters. The van der Waals surface area contributed by atoms with Gasteiger partial charge in [0.15, 0.2) is 0 Å². The maximum Gasteiger partial charge on any atom is 0.258 e. The Labute approximate surface area is 106 Å². The molecule has 1 aromatic carbocycles. The predicted octanol–water partition coefficient (Wildman–Crippen LogP) is 2.68. The number of nitrogens with zero attached hydrogens (tertiary/aromatic N) is 1. The number of benzene rings is 1. The van der Waals surface area contributed by atoms with Gasteiger partial charge in [0.25, 0.3) is 5.91 Å². The number of hydrogen-bond acceptors (Lipinski definition) is 3. The second-order valence-corrected chi connectivity index (χ2v) is 3.92. The Hall–Kier alpha value is -2.36. The fourth-order valence-corrected chi connectivity index (χ4v) is 1.69. The second-order valence-electron chi connectivity index (χ2n) is 3.92. The number of anilines is 2. The molecule has 0 unspecified atom stereocenters. The van der Waals surface area contributed by atoms with Gasteiger partial charge in [-0.3, -0.25) is 4.79 Å². The molecule has 92 valence electrons. The lowest BCUT2D eigenvalue weighted by molar-refractivity contribution is 0.102. The summed E-state index contributed by atoms with van der Waals surface area (Å²) in [6, 6.07) is 11.1. The summed E-state index contributed by atoms with van der Waals surface area (Å²) in [5.74, 6) is 0.426. The molecule has 0 bridgehead atoms. The summed E-state index contributed by atoms with van der Waals surface area (Å²) in [5.41, 5.74) is 2.33. The minimum atomic E-state index is -0.165. The molecule has 0 aliphatic heterocycles. The first kappa shape index (κ1) is 12.1. The third-order valence-electron chi connectivity index (χ3n) is 2.68. The third kappa shape index (κ3) is 2.48. The van der Waals surface area contributed by atoms with Crippen LogP contribution in [0.25, 0.3) is 0 Å². The van der Waals surface area contributed by atoms with E-state index in [4.69, 9.17) is 0 Å². The van der Waals surface area contributed by atoms with Crippen LogP contribution in [-0.2, 0) is 0 Å². The van der Waals surface area contributed by atoms with Crippen LogP contribution in [0.5, 0.6) is 0 Å². The average Bonchev–Trinajstić information content (AvgIpc) is 2.41. The van der Waals surface area contributed by atoms with Crippen LogP contribution < -0.4 is 10.6 Å². The van der Waals surface area contributed by atoms with Crippen LogP contribution in [0.3, 0.4) is 0 Å². The van der Waals surface area contributed by atoms with Crippen molar-refractivity contribution in [2.24, 2.45) is 0 Å². The molecule has 0 saturated carbocycles. The van der Waals surface area contributed by atoms with Gasteiger partial charge in [0.1, 0.15) is 5.82 Å². The first-order valence-electron chi connectivity index (χ1n) is 5.72. The van der Waals surface area contributed by atoms with Crippen molar-refractivity contribution >= 4 is 17.4 Å². The van der Waals surface area contributed by atoms with Crippen LogP contribution in [0.15, 0.2) is 42.6 Å². The molecule has 0 aliphatic carbocycles. The molecule has 4 heteroatoms. The molecule has 2 aromatic rings. The molecule has 4 nitrogen and oxygen atoms in total. The predicted molar refractivity (Wildman–Crippen MR) is 72.9 cm³/mol. The highest BCUT2D eigenvalue weighted by molar-refractivity contribution is 6.07. The normalized spacial score (nSPS) is 9.89. The van der Waals surface area contributed by atoms with Gasteiger partial charge in [0, 0.05) is 18.9 Å². The Morgan fingerprint density at radius 3 is 2.67 bits per heavy atom. The van der Waals surface area contributed by atoms with Crippen LogP contribution in [0.1, 0.15) is 15.9 Å². The van der Waals surface area contributed by atoms with Gasteiger partial charge in [-0.15, -0.1) is 0 Å². The van der Waals surface area contributed by atoms with Gasteiger partial charge in [-0.2, -0.15) is 0 Å². The number of carbonyl (C=O) groups excluding carboxylic acids is 1. The Morgan fingerprint density at radius 2 is 1.94 bits per heavy atom. The zero-order valence-corrected chi connectivity index (χ0v) is 10.4. The minimum Gasteiger partial charge on any atom is -0.387 e. The average molecular weight is 241 g/mol. The van der Waals surface area contributed by atoms with Crippen molar-refractivity contribution in [2.45, 2.75) is 6.92 Å². The number of aryl methyl sites for hydroxylation is 1. The lowest BCUT2D eigenvalue weighted by Crippen LogP contribution is -2.15. The van der Waals surface area contributed by atoms with Gasteiger partial charge >= 0.3 is 0 Å². The molecule has 0 spiro atoms. The van der Waals surface area contributed by atoms with Crippen LogP contribution in [-0.4, -0.2) is 17.9 Å². The van der Waals surface area contributed by atoms with E-state index in [1.165, 1.54) is 0 Å². The molecule has 0 aliphatic rings. The van der Waals surface area contributed by atoms with E-state index in [9.17, 15) is 4.79 Å². The fourth-order valence-electron chi connectivity index (χ4n) is 1.69. The highest BCUT2D eigenvalue weighted by Crippen LogP contribution is 2.17. The molecule has 0 radical (unpaired) electrons. The molecule has 1 aromatic heterocycles. The second kappa shape index (κ2) is 5.31. The minimum absolute atomic E-state index is 0.165. The monoisotopic (exact) mass is 241 g/mol. The van der Waals surface area contributed by atoms with Crippen LogP contribution in [0.2, 0.25) is 0 Å². The van der Waals surface area contributed by atoms with E-state index in [0.717, 1.165) is 11.3 Å². The largest absolute Gasteiger partial charge is 0.387 e. The Bertz CT molecular complexity index is 566. The number of aromatic nitrogens is 1. The highest BCUT2D eigenvalue weighted by atomic mass is 16.1. The van der Waals surface area contributed by atoms with Crippen molar-refractivity contribution in [2.75, 3.05) is 17.7 Å². The van der Waals surface area contributed by atoms with E-state index in [1.807, 2.05) is 37.3 Å². The van der Waals surface area contributed by atoms with Crippen molar-refractivity contribution in [1.82, 2.24) is 4.98 Å². The first-order valence-corrected chi connectivity index (χ1v) is 5.72. The van der Waals surface area contributed by atoms with Gasteiger partial charge in [-0.05, 0) is 30.7 Å². The van der Waals surface area contributed by atoms with Crippen molar-refractivity contribution in [3.05, 3.63) is 53.7 Å². The molecule has 2 N–H and O–H groups in total. The van der Waals surface area contributed by atoms with Gasteiger partial charge in [0.2, 0.25) is 0 Å². The summed E-state index contributed by atoms with van der Waals surface area (Å²) >= 11 is 0. The molecule has 18 heavy (non-hydrogen) atoms. The van der Waals surface area contributed by atoms with Crippen LogP contribution >= 0.6 is 0 Å². The Balaban J connectivity index is 2.25. The van der Waals surface area contributed by atoms with E-state index >= 15 is 0 Å². The smallest absolute Gasteiger partial charge is 0.258 e. The number of nitrogens with one attached hydrogen (secondary N) is 2. The summed E-state index contributed by atoms with van der Waals surface area (Å²) in [6.45, 7) is 1.91. The zero-order chi connectivity index (χ0) is 13.0. The van der Waals surface area contributed by atoms with Crippen LogP contribution in [0, 0.1) is 6.92 Å². The molecular weight excluding hydrogens is 226 g/mol. The topological polar surface area (TPSA) is 54.0 Å². The number of hydrogen-bond donors (Lipinski definition) is 2. The van der Waals surface area contributed by atoms with E-state index in [0.29, 0.717) is 11.4 Å². The summed E-state index contributed by atoms with van der Waals surface area (Å²) < 4.78 is 0. The zero-order valence-electron chi connectivity index (χ0n) is 10.4. The van der Waals surface area contributed by atoms with Crippen molar-refractivity contribution in [3.63, 3.8) is 0 Å². The summed E-state index contributed by atoms with van der Waals surface area (Å²) in [6.07, 6.45) is 1.66. The fraction of sp³-hybridized carbons (Fsp3) is 0.143. The lowest BCUT2D eigenvalue weighted by atomic mass is 10.1. The molecule has 2 rings (SSSR count). The number of carbonyl (C=O) groups is 1. The number of para-hydroxylation sites is 1. The van der Waals surface area contributed by atoms with E-state index in [2.05, 4.69) is 15.6 Å². The Morgan fingerprint density at radius 1 is 1.17 bits per heavy atom. The van der Waals surface area contributed by atoms with Crippen molar-refractivity contribution < 1.29 is 4.79 Å². The first-order chi connectivity index (χ1) is 8.72. The quantitative estimate of drug-likeness (QED) is 0.868. The van der Waals surface area contributed by atoms with E-state index < -0.39 is 0 Å². The van der Waals surface area contributed by atoms with Gasteiger partial charge in [-0.1, -0.05) is 18.2 Å². The summed E-state index contributed by atoms with van der Waals surface area (Å²) in [4.78, 5) is 16.3. The number of rotatable bonds is 3. The maximum absolute atomic E-state index is 12.2. The Kier molecular flexibility index (Phi) is 3.57. The van der Waals surface area contributed by atoms with Crippen molar-refractivity contribution in [3.8, 4) is 0 Å². The standard InChI is InChI=1S/C14H15N3O/c1-10-6-5-9-16-13(10)17-14(18)11-7-3-4-8-12(11)15-2/h3-9,15H,1-2H3,(H,16,17,18). The SMILES string of the molecule is CNc1ccccc1C(=O)Nc1ncccc1C. The highest BCUT2D eigenvalue weighted by Gasteiger charge is 2.11. The lowest BCUT2D eigenvalue weighted by Gasteiger charge is -2.10. The van der Waals surface area contributed by atoms with Crippen molar-refractivity contribution in [1.29, 1.82) is 0 Å².